The zero-order valence-electron chi connectivity index (χ0n) is 19.3. The molecular formula is C28H24N2O6. The number of anilines is 1. The molecule has 1 aliphatic heterocycles. The number of nitrogens with zero attached hydrogens (tertiary/aromatic N) is 1. The van der Waals surface area contributed by atoms with E-state index in [2.05, 4.69) is 10.3 Å². The van der Waals surface area contributed by atoms with E-state index in [-0.39, 0.29) is 24.4 Å². The number of aliphatic hydroxyl groups is 1. The van der Waals surface area contributed by atoms with E-state index >= 15 is 0 Å². The van der Waals surface area contributed by atoms with E-state index < -0.39 is 18.1 Å². The topological polar surface area (TPSA) is 111 Å². The molecule has 4 aromatic rings. The van der Waals surface area contributed by atoms with Crippen LogP contribution in [0.1, 0.15) is 29.0 Å². The maximum Gasteiger partial charge on any atom is 0.290 e. The first-order chi connectivity index (χ1) is 17.6. The van der Waals surface area contributed by atoms with Crippen molar-refractivity contribution >= 4 is 22.6 Å². The number of amides is 1. The molecule has 3 heterocycles. The van der Waals surface area contributed by atoms with Crippen molar-refractivity contribution in [2.24, 2.45) is 0 Å². The maximum absolute atomic E-state index is 13.2. The summed E-state index contributed by atoms with van der Waals surface area (Å²) in [4.78, 5) is 30.3. The van der Waals surface area contributed by atoms with Crippen LogP contribution >= 0.6 is 0 Å². The van der Waals surface area contributed by atoms with Gasteiger partial charge in [0.05, 0.1) is 36.7 Å². The van der Waals surface area contributed by atoms with Crippen LogP contribution < -0.4 is 10.7 Å². The number of rotatable bonds is 7. The number of hydrogen-bond acceptors (Lipinski definition) is 7. The normalized spacial score (nSPS) is 17.3. The Balaban J connectivity index is 1.42. The van der Waals surface area contributed by atoms with Gasteiger partial charge in [0.2, 0.25) is 6.29 Å². The SMILES string of the molecule is O=C(Nc1cccnc1)C1=C[C@@H](c2coc3ccccc3c2=O)C[C@@H](OCc2ccc(CO)cc2)O1. The van der Waals surface area contributed by atoms with E-state index in [9.17, 15) is 14.7 Å². The van der Waals surface area contributed by atoms with Crippen molar-refractivity contribution in [2.45, 2.75) is 31.8 Å². The van der Waals surface area contributed by atoms with Gasteiger partial charge in [-0.25, -0.2) is 0 Å². The van der Waals surface area contributed by atoms with E-state index in [1.807, 2.05) is 24.3 Å². The van der Waals surface area contributed by atoms with Crippen LogP contribution in [0.5, 0.6) is 0 Å². The summed E-state index contributed by atoms with van der Waals surface area (Å²) in [5, 5.41) is 12.5. The van der Waals surface area contributed by atoms with Crippen LogP contribution in [0.2, 0.25) is 0 Å². The Morgan fingerprint density at radius 1 is 1.08 bits per heavy atom. The molecule has 0 aliphatic carbocycles. The number of carbonyl (C=O) groups is 1. The van der Waals surface area contributed by atoms with Crippen LogP contribution in [0.15, 0.2) is 100 Å². The smallest absolute Gasteiger partial charge is 0.290 e. The number of carbonyl (C=O) groups excluding carboxylic acids is 1. The molecule has 0 spiro atoms. The van der Waals surface area contributed by atoms with E-state index in [0.29, 0.717) is 28.6 Å². The van der Waals surface area contributed by atoms with E-state index in [0.717, 1.165) is 11.1 Å². The van der Waals surface area contributed by atoms with E-state index in [1.54, 1.807) is 48.7 Å². The van der Waals surface area contributed by atoms with Crippen LogP contribution in [0.25, 0.3) is 11.0 Å². The molecule has 2 aromatic heterocycles. The summed E-state index contributed by atoms with van der Waals surface area (Å²) in [6.07, 6.45) is 5.75. The van der Waals surface area contributed by atoms with E-state index in [1.165, 1.54) is 12.5 Å². The fourth-order valence-electron chi connectivity index (χ4n) is 4.04. The third-order valence-electron chi connectivity index (χ3n) is 5.95. The van der Waals surface area contributed by atoms with Gasteiger partial charge in [0, 0.05) is 24.1 Å². The van der Waals surface area contributed by atoms with Gasteiger partial charge in [-0.05, 0) is 41.5 Å². The average Bonchev–Trinajstić information content (AvgIpc) is 2.93. The minimum Gasteiger partial charge on any atom is -0.464 e. The fraction of sp³-hybridized carbons (Fsp3) is 0.179. The van der Waals surface area contributed by atoms with Gasteiger partial charge in [0.25, 0.3) is 5.91 Å². The quantitative estimate of drug-likeness (QED) is 0.403. The van der Waals surface area contributed by atoms with Gasteiger partial charge >= 0.3 is 0 Å². The summed E-state index contributed by atoms with van der Waals surface area (Å²) >= 11 is 0. The van der Waals surface area contributed by atoms with Gasteiger partial charge in [-0.15, -0.1) is 0 Å². The largest absolute Gasteiger partial charge is 0.464 e. The summed E-state index contributed by atoms with van der Waals surface area (Å²) in [7, 11) is 0. The molecule has 1 amide bonds. The van der Waals surface area contributed by atoms with Gasteiger partial charge in [0.1, 0.15) is 5.58 Å². The highest BCUT2D eigenvalue weighted by Crippen LogP contribution is 2.32. The number of ether oxygens (including phenoxy) is 2. The molecule has 1 aliphatic rings. The number of aromatic nitrogens is 1. The second-order valence-corrected chi connectivity index (χ2v) is 8.42. The molecule has 2 aromatic carbocycles. The summed E-state index contributed by atoms with van der Waals surface area (Å²) in [5.41, 5.74) is 2.95. The van der Waals surface area contributed by atoms with Crippen LogP contribution in [-0.4, -0.2) is 22.3 Å². The van der Waals surface area contributed by atoms with Crippen molar-refractivity contribution in [3.05, 3.63) is 118 Å². The van der Waals surface area contributed by atoms with Gasteiger partial charge in [-0.3, -0.25) is 14.6 Å². The molecule has 2 atom stereocenters. The Morgan fingerprint density at radius 2 is 1.89 bits per heavy atom. The minimum absolute atomic E-state index is 0.0386. The van der Waals surface area contributed by atoms with Crippen molar-refractivity contribution in [2.75, 3.05) is 5.32 Å². The van der Waals surface area contributed by atoms with Crippen LogP contribution in [-0.2, 0) is 27.5 Å². The minimum atomic E-state index is -0.780. The molecule has 0 radical (unpaired) electrons. The maximum atomic E-state index is 13.2. The number of aliphatic hydroxyl groups excluding tert-OH is 1. The van der Waals surface area contributed by atoms with Crippen LogP contribution in [0, 0.1) is 0 Å². The lowest BCUT2D eigenvalue weighted by atomic mass is 9.93. The lowest BCUT2D eigenvalue weighted by molar-refractivity contribution is -0.147. The van der Waals surface area contributed by atoms with Gasteiger partial charge < -0.3 is 24.3 Å². The van der Waals surface area contributed by atoms with Crippen molar-refractivity contribution < 1.29 is 23.8 Å². The Labute approximate surface area is 206 Å². The fourth-order valence-corrected chi connectivity index (χ4v) is 4.04. The predicted octanol–water partition coefficient (Wildman–Crippen LogP) is 4.25. The number of hydrogen-bond donors (Lipinski definition) is 2. The number of allylic oxidation sites excluding steroid dienone is 1. The van der Waals surface area contributed by atoms with Gasteiger partial charge in [-0.2, -0.15) is 0 Å². The molecule has 182 valence electrons. The molecule has 0 fully saturated rings. The lowest BCUT2D eigenvalue weighted by Crippen LogP contribution is -2.30. The molecule has 0 saturated heterocycles. The first-order valence-electron chi connectivity index (χ1n) is 11.5. The molecule has 0 saturated carbocycles. The zero-order chi connectivity index (χ0) is 24.9. The predicted molar refractivity (Wildman–Crippen MR) is 133 cm³/mol. The van der Waals surface area contributed by atoms with Gasteiger partial charge in [0.15, 0.2) is 11.2 Å². The Kier molecular flexibility index (Phi) is 6.88. The monoisotopic (exact) mass is 484 g/mol. The van der Waals surface area contributed by atoms with Crippen molar-refractivity contribution in [3.63, 3.8) is 0 Å². The second-order valence-electron chi connectivity index (χ2n) is 8.42. The standard InChI is InChI=1S/C28H24N2O6/c31-15-18-7-9-19(10-8-18)16-35-26-13-20(23-17-34-24-6-2-1-5-22(24)27(23)32)12-25(36-26)28(33)30-21-4-3-11-29-14-21/h1-12,14,17,20,26,31H,13,15-16H2,(H,30,33)/t20-,26+/m1/s1. The molecular weight excluding hydrogens is 460 g/mol. The number of para-hydroxylation sites is 1. The van der Waals surface area contributed by atoms with Crippen molar-refractivity contribution in [1.29, 1.82) is 0 Å². The van der Waals surface area contributed by atoms with E-state index in [4.69, 9.17) is 13.9 Å². The third kappa shape index (κ3) is 5.19. The molecule has 0 bridgehead atoms. The van der Waals surface area contributed by atoms with Crippen molar-refractivity contribution in [3.8, 4) is 0 Å². The summed E-state index contributed by atoms with van der Waals surface area (Å²) in [6, 6.07) is 17.8. The first-order valence-corrected chi connectivity index (χ1v) is 11.5. The highest BCUT2D eigenvalue weighted by atomic mass is 16.7. The molecule has 8 nitrogen and oxygen atoms in total. The highest BCUT2D eigenvalue weighted by molar-refractivity contribution is 6.02. The van der Waals surface area contributed by atoms with Gasteiger partial charge in [-0.1, -0.05) is 36.4 Å². The Hall–Kier alpha value is -4.27. The zero-order valence-corrected chi connectivity index (χ0v) is 19.3. The lowest BCUT2D eigenvalue weighted by Gasteiger charge is -2.29. The third-order valence-corrected chi connectivity index (χ3v) is 5.95. The number of pyridine rings is 1. The second kappa shape index (κ2) is 10.6. The number of benzene rings is 2. The molecule has 36 heavy (non-hydrogen) atoms. The average molecular weight is 485 g/mol. The Morgan fingerprint density at radius 3 is 2.67 bits per heavy atom. The molecule has 0 unspecified atom stereocenters. The Bertz CT molecular complexity index is 1450. The van der Waals surface area contributed by atoms with Crippen LogP contribution in [0.4, 0.5) is 5.69 Å². The summed E-state index contributed by atoms with van der Waals surface area (Å²) in [5.74, 6) is -0.891. The number of nitrogens with one attached hydrogen (secondary N) is 1. The summed E-state index contributed by atoms with van der Waals surface area (Å²) in [6.45, 7) is 0.190. The molecule has 2 N–H and O–H groups in total. The molecule has 8 heteroatoms. The first kappa shape index (κ1) is 23.5. The highest BCUT2D eigenvalue weighted by Gasteiger charge is 2.31. The molecule has 5 rings (SSSR count). The summed E-state index contributed by atoms with van der Waals surface area (Å²) < 4.78 is 17.6. The van der Waals surface area contributed by atoms with Crippen LogP contribution in [0.3, 0.4) is 0 Å². The number of fused-ring (bicyclic) bond motifs is 1. The van der Waals surface area contributed by atoms with Crippen molar-refractivity contribution in [1.82, 2.24) is 4.98 Å².